The van der Waals surface area contributed by atoms with Gasteiger partial charge in [-0.3, -0.25) is 0 Å². The largest absolute Gasteiger partial charge is 0.389 e. The van der Waals surface area contributed by atoms with Crippen LogP contribution in [0.25, 0.3) is 0 Å². The Morgan fingerprint density at radius 1 is 1.47 bits per heavy atom. The van der Waals surface area contributed by atoms with Gasteiger partial charge in [0.1, 0.15) is 0 Å². The number of aliphatic hydroxyl groups is 1. The van der Waals surface area contributed by atoms with Gasteiger partial charge in [-0.1, -0.05) is 0 Å². The Morgan fingerprint density at radius 2 is 2.13 bits per heavy atom. The van der Waals surface area contributed by atoms with Gasteiger partial charge in [0.2, 0.25) is 0 Å². The highest BCUT2D eigenvalue weighted by molar-refractivity contribution is 4.79. The summed E-state index contributed by atoms with van der Waals surface area (Å²) >= 11 is 0. The van der Waals surface area contributed by atoms with Gasteiger partial charge < -0.3 is 15.2 Å². The average molecular weight is 215 g/mol. The predicted molar refractivity (Wildman–Crippen MR) is 61.9 cm³/mol. The summed E-state index contributed by atoms with van der Waals surface area (Å²) in [5, 5.41) is 13.0. The van der Waals surface area contributed by atoms with E-state index in [1.54, 1.807) is 0 Å². The molecule has 1 aliphatic rings. The first-order valence-electron chi connectivity index (χ1n) is 6.03. The molecule has 15 heavy (non-hydrogen) atoms. The summed E-state index contributed by atoms with van der Waals surface area (Å²) in [4.78, 5) is 0. The zero-order chi connectivity index (χ0) is 11.3. The highest BCUT2D eigenvalue weighted by Crippen LogP contribution is 2.28. The van der Waals surface area contributed by atoms with Crippen molar-refractivity contribution >= 4 is 0 Å². The van der Waals surface area contributed by atoms with E-state index in [1.807, 2.05) is 20.8 Å². The van der Waals surface area contributed by atoms with E-state index >= 15 is 0 Å². The predicted octanol–water partition coefficient (Wildman–Crippen LogP) is 1.55. The van der Waals surface area contributed by atoms with Crippen LogP contribution in [0.15, 0.2) is 0 Å². The van der Waals surface area contributed by atoms with Crippen molar-refractivity contribution in [3.8, 4) is 0 Å². The molecule has 0 saturated heterocycles. The lowest BCUT2D eigenvalue weighted by molar-refractivity contribution is 0.0428. The second-order valence-corrected chi connectivity index (χ2v) is 5.20. The second-order valence-electron chi connectivity index (χ2n) is 5.20. The maximum atomic E-state index is 9.68. The molecule has 0 aromatic rings. The Balaban J connectivity index is 1.87. The Hall–Kier alpha value is -0.120. The molecule has 0 spiro atoms. The summed E-state index contributed by atoms with van der Waals surface area (Å²) in [5.41, 5.74) is -0.644. The van der Waals surface area contributed by atoms with Gasteiger partial charge in [0, 0.05) is 19.3 Å². The van der Waals surface area contributed by atoms with Crippen LogP contribution >= 0.6 is 0 Å². The molecule has 1 unspecified atom stereocenters. The molecule has 1 rings (SSSR count). The number of rotatable bonds is 8. The molecule has 1 atom stereocenters. The molecular formula is C12H25NO2. The van der Waals surface area contributed by atoms with Crippen LogP contribution in [0, 0.1) is 5.92 Å². The number of hydrogen-bond donors (Lipinski definition) is 2. The topological polar surface area (TPSA) is 41.5 Å². The maximum Gasteiger partial charge on any atom is 0.0741 e. The first-order valence-corrected chi connectivity index (χ1v) is 6.03. The van der Waals surface area contributed by atoms with E-state index in [1.165, 1.54) is 12.8 Å². The monoisotopic (exact) mass is 215 g/mol. The Bertz CT molecular complexity index is 173. The maximum absolute atomic E-state index is 9.68. The first-order chi connectivity index (χ1) is 7.00. The molecule has 3 heteroatoms. The van der Waals surface area contributed by atoms with Gasteiger partial charge in [-0.05, 0) is 52.5 Å². The van der Waals surface area contributed by atoms with Crippen LogP contribution in [0.2, 0.25) is 0 Å². The van der Waals surface area contributed by atoms with E-state index in [9.17, 15) is 5.11 Å². The third-order valence-electron chi connectivity index (χ3n) is 3.03. The van der Waals surface area contributed by atoms with Crippen LogP contribution in [-0.2, 0) is 4.74 Å². The average Bonchev–Trinajstić information content (AvgIpc) is 2.92. The summed E-state index contributed by atoms with van der Waals surface area (Å²) in [5.74, 6) is 0.855. The first kappa shape index (κ1) is 12.9. The molecule has 1 fully saturated rings. The third kappa shape index (κ3) is 6.13. The minimum atomic E-state index is -0.644. The third-order valence-corrected chi connectivity index (χ3v) is 3.03. The standard InChI is InChI=1S/C12H25NO2/c1-10(12(2,3)14)13-7-4-8-15-9-11-5-6-11/h10-11,13-14H,4-9H2,1-3H3. The molecule has 0 heterocycles. The van der Waals surface area contributed by atoms with Gasteiger partial charge >= 0.3 is 0 Å². The van der Waals surface area contributed by atoms with E-state index < -0.39 is 5.60 Å². The lowest BCUT2D eigenvalue weighted by atomic mass is 10.0. The molecule has 1 aliphatic carbocycles. The Kier molecular flexibility index (Phi) is 5.03. The fraction of sp³-hybridized carbons (Fsp3) is 1.00. The van der Waals surface area contributed by atoms with E-state index in [0.717, 1.165) is 32.1 Å². The quantitative estimate of drug-likeness (QED) is 0.604. The van der Waals surface area contributed by atoms with Crippen molar-refractivity contribution in [1.29, 1.82) is 0 Å². The summed E-state index contributed by atoms with van der Waals surface area (Å²) in [7, 11) is 0. The molecule has 90 valence electrons. The van der Waals surface area contributed by atoms with Crippen molar-refractivity contribution in [3.05, 3.63) is 0 Å². The number of hydrogen-bond acceptors (Lipinski definition) is 3. The van der Waals surface area contributed by atoms with E-state index in [0.29, 0.717) is 0 Å². The van der Waals surface area contributed by atoms with Gasteiger partial charge in [0.15, 0.2) is 0 Å². The summed E-state index contributed by atoms with van der Waals surface area (Å²) in [6.45, 7) is 8.35. The molecule has 0 amide bonds. The van der Waals surface area contributed by atoms with Crippen molar-refractivity contribution in [2.45, 2.75) is 51.7 Å². The normalized spacial score (nSPS) is 19.2. The number of nitrogens with one attached hydrogen (secondary N) is 1. The van der Waals surface area contributed by atoms with Crippen LogP contribution < -0.4 is 5.32 Å². The SMILES string of the molecule is CC(NCCCOCC1CC1)C(C)(C)O. The summed E-state index contributed by atoms with van der Waals surface area (Å²) in [6.07, 6.45) is 3.73. The molecule has 0 aromatic heterocycles. The fourth-order valence-corrected chi connectivity index (χ4v) is 1.28. The van der Waals surface area contributed by atoms with Crippen LogP contribution in [0.4, 0.5) is 0 Å². The van der Waals surface area contributed by atoms with E-state index in [4.69, 9.17) is 4.74 Å². The Morgan fingerprint density at radius 3 is 2.67 bits per heavy atom. The zero-order valence-corrected chi connectivity index (χ0v) is 10.3. The lowest BCUT2D eigenvalue weighted by Crippen LogP contribution is -2.44. The molecule has 0 aromatic carbocycles. The summed E-state index contributed by atoms with van der Waals surface area (Å²) in [6, 6.07) is 0.126. The molecule has 0 aliphatic heterocycles. The Labute approximate surface area is 93.2 Å². The molecule has 0 bridgehead atoms. The van der Waals surface area contributed by atoms with Gasteiger partial charge in [-0.25, -0.2) is 0 Å². The van der Waals surface area contributed by atoms with Crippen molar-refractivity contribution < 1.29 is 9.84 Å². The van der Waals surface area contributed by atoms with Crippen LogP contribution in [0.3, 0.4) is 0 Å². The highest BCUT2D eigenvalue weighted by atomic mass is 16.5. The highest BCUT2D eigenvalue weighted by Gasteiger charge is 2.22. The molecular weight excluding hydrogens is 190 g/mol. The van der Waals surface area contributed by atoms with Crippen LogP contribution in [0.1, 0.15) is 40.0 Å². The molecule has 1 saturated carbocycles. The van der Waals surface area contributed by atoms with Crippen LogP contribution in [-0.4, -0.2) is 36.5 Å². The fourth-order valence-electron chi connectivity index (χ4n) is 1.28. The second kappa shape index (κ2) is 5.83. The van der Waals surface area contributed by atoms with E-state index in [-0.39, 0.29) is 6.04 Å². The zero-order valence-electron chi connectivity index (χ0n) is 10.3. The van der Waals surface area contributed by atoms with Crippen LogP contribution in [0.5, 0.6) is 0 Å². The van der Waals surface area contributed by atoms with Crippen molar-refractivity contribution in [3.63, 3.8) is 0 Å². The minimum Gasteiger partial charge on any atom is -0.389 e. The molecule has 3 nitrogen and oxygen atoms in total. The van der Waals surface area contributed by atoms with Crippen molar-refractivity contribution in [1.82, 2.24) is 5.32 Å². The molecule has 2 N–H and O–H groups in total. The van der Waals surface area contributed by atoms with Gasteiger partial charge in [0.25, 0.3) is 0 Å². The van der Waals surface area contributed by atoms with Crippen molar-refractivity contribution in [2.24, 2.45) is 5.92 Å². The van der Waals surface area contributed by atoms with Gasteiger partial charge in [0.05, 0.1) is 5.60 Å². The lowest BCUT2D eigenvalue weighted by Gasteiger charge is -2.26. The smallest absolute Gasteiger partial charge is 0.0741 e. The summed E-state index contributed by atoms with van der Waals surface area (Å²) < 4.78 is 5.52. The molecule has 0 radical (unpaired) electrons. The van der Waals surface area contributed by atoms with E-state index in [2.05, 4.69) is 5.32 Å². The van der Waals surface area contributed by atoms with Gasteiger partial charge in [-0.2, -0.15) is 0 Å². The number of ether oxygens (including phenoxy) is 1. The van der Waals surface area contributed by atoms with Gasteiger partial charge in [-0.15, -0.1) is 0 Å². The minimum absolute atomic E-state index is 0.126. The van der Waals surface area contributed by atoms with Crippen molar-refractivity contribution in [2.75, 3.05) is 19.8 Å².